The summed E-state index contributed by atoms with van der Waals surface area (Å²) < 4.78 is 6.01. The first-order valence-electron chi connectivity index (χ1n) is 9.79. The Bertz CT molecular complexity index is 978. The van der Waals surface area contributed by atoms with Crippen molar-refractivity contribution < 1.29 is 9.21 Å². The van der Waals surface area contributed by atoms with E-state index in [2.05, 4.69) is 46.6 Å². The Morgan fingerprint density at radius 2 is 1.96 bits per heavy atom. The highest BCUT2D eigenvalue weighted by Crippen LogP contribution is 2.34. The van der Waals surface area contributed by atoms with Gasteiger partial charge in [0.2, 0.25) is 5.89 Å². The number of carbonyl (C=O) groups is 1. The number of hydrogen-bond acceptors (Lipinski definition) is 4. The molecule has 4 rings (SSSR count). The molecule has 1 atom stereocenters. The molecule has 1 aliphatic heterocycles. The van der Waals surface area contributed by atoms with Crippen molar-refractivity contribution in [2.75, 3.05) is 32.1 Å². The van der Waals surface area contributed by atoms with Gasteiger partial charge in [-0.05, 0) is 55.2 Å². The number of fused-ring (bicyclic) bond motifs is 1. The van der Waals surface area contributed by atoms with E-state index in [1.807, 2.05) is 32.0 Å². The van der Waals surface area contributed by atoms with Crippen LogP contribution in [-0.4, -0.2) is 43.1 Å². The van der Waals surface area contributed by atoms with Gasteiger partial charge in [0, 0.05) is 32.9 Å². The molecule has 0 radical (unpaired) electrons. The molecule has 1 N–H and O–H groups in total. The van der Waals surface area contributed by atoms with E-state index >= 15 is 0 Å². The molecule has 1 aliphatic rings. The Balaban J connectivity index is 1.62. The molecule has 0 aliphatic carbocycles. The Morgan fingerprint density at radius 3 is 2.68 bits per heavy atom. The van der Waals surface area contributed by atoms with Crippen LogP contribution in [-0.2, 0) is 0 Å². The summed E-state index contributed by atoms with van der Waals surface area (Å²) in [5.41, 5.74) is 4.99. The monoisotopic (exact) mass is 378 g/mol. The highest BCUT2D eigenvalue weighted by atomic mass is 16.4. The molecule has 2 aromatic carbocycles. The van der Waals surface area contributed by atoms with Gasteiger partial charge in [0.25, 0.3) is 0 Å². The van der Waals surface area contributed by atoms with Crippen LogP contribution < -0.4 is 10.2 Å². The number of oxazole rings is 1. The zero-order valence-corrected chi connectivity index (χ0v) is 16.6. The Kier molecular flexibility index (Phi) is 4.94. The fourth-order valence-electron chi connectivity index (χ4n) is 3.74. The van der Waals surface area contributed by atoms with Crippen LogP contribution in [0.3, 0.4) is 0 Å². The summed E-state index contributed by atoms with van der Waals surface area (Å²) in [5.74, 6) is 0.624. The molecule has 1 saturated heterocycles. The van der Waals surface area contributed by atoms with Crippen molar-refractivity contribution in [1.82, 2.24) is 15.2 Å². The quantitative estimate of drug-likeness (QED) is 0.730. The third-order valence-electron chi connectivity index (χ3n) is 5.25. The van der Waals surface area contributed by atoms with Gasteiger partial charge in [-0.25, -0.2) is 9.78 Å². The van der Waals surface area contributed by atoms with Gasteiger partial charge in [-0.1, -0.05) is 18.2 Å². The summed E-state index contributed by atoms with van der Waals surface area (Å²) in [6, 6.07) is 14.4. The van der Waals surface area contributed by atoms with Crippen LogP contribution in [0.15, 0.2) is 46.9 Å². The Hall–Kier alpha value is -3.02. The van der Waals surface area contributed by atoms with E-state index < -0.39 is 0 Å². The Morgan fingerprint density at radius 1 is 1.21 bits per heavy atom. The molecule has 1 aromatic heterocycles. The molecule has 3 aromatic rings. The second kappa shape index (κ2) is 7.54. The minimum atomic E-state index is -0.0956. The molecule has 1 fully saturated rings. The van der Waals surface area contributed by atoms with Crippen LogP contribution in [0.4, 0.5) is 10.5 Å². The van der Waals surface area contributed by atoms with Gasteiger partial charge in [0.15, 0.2) is 5.58 Å². The van der Waals surface area contributed by atoms with Crippen molar-refractivity contribution in [2.45, 2.75) is 25.8 Å². The lowest BCUT2D eigenvalue weighted by molar-refractivity contribution is 0.186. The van der Waals surface area contributed by atoms with E-state index in [1.54, 1.807) is 0 Å². The highest BCUT2D eigenvalue weighted by Gasteiger charge is 2.33. The standard InChI is InChI=1S/C22H26N4O2/c1-4-23-22(27)26-13-5-6-19(26)21-24-18-14-16(9-12-20(18)28-21)15-7-10-17(11-8-15)25(2)3/h7-12,14,19H,4-6,13H2,1-3H3,(H,23,27). The first-order valence-corrected chi connectivity index (χ1v) is 9.79. The molecule has 2 heterocycles. The predicted molar refractivity (Wildman–Crippen MR) is 112 cm³/mol. The van der Waals surface area contributed by atoms with E-state index in [4.69, 9.17) is 9.40 Å². The van der Waals surface area contributed by atoms with E-state index in [1.165, 1.54) is 5.69 Å². The molecule has 28 heavy (non-hydrogen) atoms. The van der Waals surface area contributed by atoms with Crippen molar-refractivity contribution in [2.24, 2.45) is 0 Å². The molecule has 2 amide bonds. The number of likely N-dealkylation sites (tertiary alicyclic amines) is 1. The molecular weight excluding hydrogens is 352 g/mol. The smallest absolute Gasteiger partial charge is 0.318 e. The second-order valence-corrected chi connectivity index (χ2v) is 7.36. The number of anilines is 1. The minimum Gasteiger partial charge on any atom is -0.438 e. The van der Waals surface area contributed by atoms with Gasteiger partial charge >= 0.3 is 6.03 Å². The second-order valence-electron chi connectivity index (χ2n) is 7.36. The number of nitrogens with one attached hydrogen (secondary N) is 1. The fourth-order valence-corrected chi connectivity index (χ4v) is 3.74. The molecule has 146 valence electrons. The summed E-state index contributed by atoms with van der Waals surface area (Å²) in [7, 11) is 4.07. The van der Waals surface area contributed by atoms with E-state index in [0.717, 1.165) is 41.6 Å². The average molecular weight is 378 g/mol. The lowest BCUT2D eigenvalue weighted by Crippen LogP contribution is -2.39. The zero-order valence-electron chi connectivity index (χ0n) is 16.6. The van der Waals surface area contributed by atoms with Gasteiger partial charge in [-0.2, -0.15) is 0 Å². The lowest BCUT2D eigenvalue weighted by Gasteiger charge is -2.22. The van der Waals surface area contributed by atoms with Gasteiger partial charge in [0.1, 0.15) is 11.6 Å². The summed E-state index contributed by atoms with van der Waals surface area (Å²) in [5, 5.41) is 2.88. The van der Waals surface area contributed by atoms with Crippen molar-refractivity contribution in [3.8, 4) is 11.1 Å². The number of nitrogens with zero attached hydrogens (tertiary/aromatic N) is 3. The fraction of sp³-hybridized carbons (Fsp3) is 0.364. The maximum absolute atomic E-state index is 12.3. The van der Waals surface area contributed by atoms with Crippen LogP contribution in [0.1, 0.15) is 31.7 Å². The summed E-state index contributed by atoms with van der Waals surface area (Å²) in [6.07, 6.45) is 1.84. The molecule has 0 spiro atoms. The topological polar surface area (TPSA) is 61.6 Å². The van der Waals surface area contributed by atoms with Crippen molar-refractivity contribution in [3.63, 3.8) is 0 Å². The predicted octanol–water partition coefficient (Wildman–Crippen LogP) is 4.43. The average Bonchev–Trinajstić information content (AvgIpc) is 3.34. The maximum atomic E-state index is 12.3. The number of amides is 2. The van der Waals surface area contributed by atoms with Gasteiger partial charge in [-0.15, -0.1) is 0 Å². The number of benzene rings is 2. The third kappa shape index (κ3) is 3.42. The highest BCUT2D eigenvalue weighted by molar-refractivity contribution is 5.81. The van der Waals surface area contributed by atoms with Crippen molar-refractivity contribution >= 4 is 22.8 Å². The van der Waals surface area contributed by atoms with Crippen molar-refractivity contribution in [3.05, 3.63) is 48.4 Å². The Labute approximate surface area is 165 Å². The summed E-state index contributed by atoms with van der Waals surface area (Å²) in [6.45, 7) is 3.28. The van der Waals surface area contributed by atoms with Crippen LogP contribution in [0.25, 0.3) is 22.2 Å². The van der Waals surface area contributed by atoms with Gasteiger partial charge in [-0.3, -0.25) is 0 Å². The van der Waals surface area contributed by atoms with Crippen LogP contribution in [0.5, 0.6) is 0 Å². The van der Waals surface area contributed by atoms with Gasteiger partial charge in [0.05, 0.1) is 0 Å². The molecule has 6 heteroatoms. The number of urea groups is 1. The number of hydrogen-bond donors (Lipinski definition) is 1. The first-order chi connectivity index (χ1) is 13.6. The van der Waals surface area contributed by atoms with Crippen LogP contribution in [0.2, 0.25) is 0 Å². The van der Waals surface area contributed by atoms with E-state index in [0.29, 0.717) is 12.4 Å². The molecule has 1 unspecified atom stereocenters. The number of carbonyl (C=O) groups excluding carboxylic acids is 1. The summed E-state index contributed by atoms with van der Waals surface area (Å²) in [4.78, 5) is 20.9. The number of aromatic nitrogens is 1. The maximum Gasteiger partial charge on any atom is 0.318 e. The molecule has 6 nitrogen and oxygen atoms in total. The zero-order chi connectivity index (χ0) is 19.7. The molecular formula is C22H26N4O2. The normalized spacial score (nSPS) is 16.5. The van der Waals surface area contributed by atoms with Crippen LogP contribution >= 0.6 is 0 Å². The lowest BCUT2D eigenvalue weighted by atomic mass is 10.0. The molecule has 0 bridgehead atoms. The minimum absolute atomic E-state index is 0.0473. The van der Waals surface area contributed by atoms with E-state index in [9.17, 15) is 4.79 Å². The van der Waals surface area contributed by atoms with E-state index in [-0.39, 0.29) is 12.1 Å². The SMILES string of the molecule is CCNC(=O)N1CCCC1c1nc2cc(-c3ccc(N(C)C)cc3)ccc2o1. The first kappa shape index (κ1) is 18.3. The molecule has 0 saturated carbocycles. The summed E-state index contributed by atoms with van der Waals surface area (Å²) >= 11 is 0. The van der Waals surface area contributed by atoms with Crippen molar-refractivity contribution in [1.29, 1.82) is 0 Å². The van der Waals surface area contributed by atoms with Gasteiger partial charge < -0.3 is 19.5 Å². The third-order valence-corrected chi connectivity index (χ3v) is 5.25. The number of rotatable bonds is 4. The van der Waals surface area contributed by atoms with Crippen LogP contribution in [0, 0.1) is 0 Å². The largest absolute Gasteiger partial charge is 0.438 e.